The Morgan fingerprint density at radius 3 is 2.50 bits per heavy atom. The molecule has 88 valence electrons. The molecule has 1 unspecified atom stereocenters. The van der Waals surface area contributed by atoms with E-state index < -0.39 is 11.9 Å². The van der Waals surface area contributed by atoms with Crippen LogP contribution in [0.3, 0.4) is 0 Å². The summed E-state index contributed by atoms with van der Waals surface area (Å²) in [5, 5.41) is 0. The van der Waals surface area contributed by atoms with E-state index in [0.717, 1.165) is 0 Å². The summed E-state index contributed by atoms with van der Waals surface area (Å²) in [5.41, 5.74) is 11.3. The van der Waals surface area contributed by atoms with Gasteiger partial charge in [0, 0.05) is 0 Å². The van der Waals surface area contributed by atoms with Gasteiger partial charge in [-0.1, -0.05) is 6.07 Å². The summed E-state index contributed by atoms with van der Waals surface area (Å²) in [4.78, 5) is 10.9. The van der Waals surface area contributed by atoms with Gasteiger partial charge < -0.3 is 20.9 Å². The lowest BCUT2D eigenvalue weighted by Gasteiger charge is -2.19. The number of hydrogen-bond donors (Lipinski definition) is 2. The number of rotatable bonds is 2. The summed E-state index contributed by atoms with van der Waals surface area (Å²) in [6.45, 7) is 1.04. The minimum atomic E-state index is -0.805. The van der Waals surface area contributed by atoms with Crippen LogP contribution in [0.25, 0.3) is 0 Å². The molecule has 0 spiro atoms. The van der Waals surface area contributed by atoms with Gasteiger partial charge in [-0.25, -0.2) is 0 Å². The summed E-state index contributed by atoms with van der Waals surface area (Å²) >= 11 is 0. The molecule has 1 amide bonds. The van der Waals surface area contributed by atoms with Crippen molar-refractivity contribution in [1.82, 2.24) is 0 Å². The second-order valence-corrected chi connectivity index (χ2v) is 3.28. The third kappa shape index (κ3) is 2.37. The predicted octanol–water partition coefficient (Wildman–Crippen LogP) is 0.365. The number of carbonyl (C=O) groups excluding carboxylic acids is 1. The largest absolute Gasteiger partial charge is 0.486 e. The van der Waals surface area contributed by atoms with Gasteiger partial charge in [0.15, 0.2) is 11.5 Å². The van der Waals surface area contributed by atoms with Crippen molar-refractivity contribution in [1.29, 1.82) is 0 Å². The van der Waals surface area contributed by atoms with E-state index in [1.165, 1.54) is 0 Å². The fourth-order valence-corrected chi connectivity index (χ4v) is 1.42. The molecule has 0 bridgehead atoms. The van der Waals surface area contributed by atoms with Crippen LogP contribution in [0.2, 0.25) is 0 Å². The van der Waals surface area contributed by atoms with Crippen LogP contribution in [0.15, 0.2) is 18.2 Å². The normalized spacial score (nSPS) is 14.8. The average Bonchev–Trinajstić information content (AvgIpc) is 2.27. The molecule has 1 aliphatic heterocycles. The van der Waals surface area contributed by atoms with Gasteiger partial charge >= 0.3 is 0 Å². The molecule has 0 aliphatic carbocycles. The minimum absolute atomic E-state index is 0. The predicted molar refractivity (Wildman–Crippen MR) is 60.8 cm³/mol. The van der Waals surface area contributed by atoms with Crippen molar-refractivity contribution in [3.63, 3.8) is 0 Å². The second-order valence-electron chi connectivity index (χ2n) is 3.28. The highest BCUT2D eigenvalue weighted by Crippen LogP contribution is 2.32. The molecule has 2 rings (SSSR count). The molecule has 0 saturated heterocycles. The molecule has 1 heterocycles. The Morgan fingerprint density at radius 1 is 1.25 bits per heavy atom. The lowest BCUT2D eigenvalue weighted by Crippen LogP contribution is -2.28. The Balaban J connectivity index is 0.00000128. The number of nitrogens with two attached hydrogens (primary N) is 2. The highest BCUT2D eigenvalue weighted by atomic mass is 35.5. The molecule has 16 heavy (non-hydrogen) atoms. The van der Waals surface area contributed by atoms with E-state index in [0.29, 0.717) is 30.3 Å². The fourth-order valence-electron chi connectivity index (χ4n) is 1.42. The Bertz CT molecular complexity index is 398. The standard InChI is InChI=1S/C10H12N2O3.ClH/c11-9(10(12)13)6-1-2-7-8(5-6)15-4-3-14-7;/h1-2,5,9H,3-4,11H2,(H2,12,13);1H. The molecular formula is C10H13ClN2O3. The molecule has 0 fully saturated rings. The van der Waals surface area contributed by atoms with Crippen LogP contribution in [0, 0.1) is 0 Å². The molecule has 1 aromatic rings. The summed E-state index contributed by atoms with van der Waals surface area (Å²) < 4.78 is 10.7. The van der Waals surface area contributed by atoms with Crippen molar-refractivity contribution in [2.45, 2.75) is 6.04 Å². The summed E-state index contributed by atoms with van der Waals surface area (Å²) in [6.07, 6.45) is 0. The first-order chi connectivity index (χ1) is 7.18. The minimum Gasteiger partial charge on any atom is -0.486 e. The lowest BCUT2D eigenvalue weighted by atomic mass is 10.1. The highest BCUT2D eigenvalue weighted by molar-refractivity contribution is 5.85. The summed E-state index contributed by atoms with van der Waals surface area (Å²) in [7, 11) is 0. The number of hydrogen-bond acceptors (Lipinski definition) is 4. The number of amides is 1. The maximum atomic E-state index is 10.9. The van der Waals surface area contributed by atoms with Crippen molar-refractivity contribution in [3.8, 4) is 11.5 Å². The Morgan fingerprint density at radius 2 is 1.88 bits per heavy atom. The van der Waals surface area contributed by atoms with Gasteiger partial charge in [-0.2, -0.15) is 0 Å². The SMILES string of the molecule is Cl.NC(=O)C(N)c1ccc2c(c1)OCCO2. The molecule has 5 nitrogen and oxygen atoms in total. The van der Waals surface area contributed by atoms with Gasteiger partial charge in [0.25, 0.3) is 0 Å². The second kappa shape index (κ2) is 5.05. The third-order valence-electron chi connectivity index (χ3n) is 2.23. The van der Waals surface area contributed by atoms with Crippen LogP contribution in [-0.4, -0.2) is 19.1 Å². The number of benzene rings is 1. The van der Waals surface area contributed by atoms with Crippen LogP contribution in [-0.2, 0) is 4.79 Å². The monoisotopic (exact) mass is 244 g/mol. The number of carbonyl (C=O) groups is 1. The molecular weight excluding hydrogens is 232 g/mol. The molecule has 1 atom stereocenters. The summed E-state index contributed by atoms with van der Waals surface area (Å²) in [5.74, 6) is 0.712. The van der Waals surface area contributed by atoms with Gasteiger partial charge in [-0.15, -0.1) is 12.4 Å². The van der Waals surface area contributed by atoms with Gasteiger partial charge in [-0.05, 0) is 17.7 Å². The highest BCUT2D eigenvalue weighted by Gasteiger charge is 2.17. The molecule has 1 aliphatic rings. The van der Waals surface area contributed by atoms with E-state index in [-0.39, 0.29) is 12.4 Å². The third-order valence-corrected chi connectivity index (χ3v) is 2.23. The van der Waals surface area contributed by atoms with E-state index in [9.17, 15) is 4.79 Å². The van der Waals surface area contributed by atoms with Crippen molar-refractivity contribution in [3.05, 3.63) is 23.8 Å². The Labute approximate surface area is 99.1 Å². The van der Waals surface area contributed by atoms with Gasteiger partial charge in [-0.3, -0.25) is 4.79 Å². The zero-order valence-electron chi connectivity index (χ0n) is 8.51. The zero-order chi connectivity index (χ0) is 10.8. The van der Waals surface area contributed by atoms with Crippen LogP contribution >= 0.6 is 12.4 Å². The zero-order valence-corrected chi connectivity index (χ0v) is 9.33. The topological polar surface area (TPSA) is 87.6 Å². The van der Waals surface area contributed by atoms with E-state index in [2.05, 4.69) is 0 Å². The van der Waals surface area contributed by atoms with E-state index in [4.69, 9.17) is 20.9 Å². The van der Waals surface area contributed by atoms with Crippen molar-refractivity contribution in [2.24, 2.45) is 11.5 Å². The number of fused-ring (bicyclic) bond motifs is 1. The summed E-state index contributed by atoms with van der Waals surface area (Å²) in [6, 6.07) is 4.32. The quantitative estimate of drug-likeness (QED) is 0.787. The van der Waals surface area contributed by atoms with Gasteiger partial charge in [0.05, 0.1) is 0 Å². The molecule has 6 heteroatoms. The Kier molecular flexibility index (Phi) is 3.98. The van der Waals surface area contributed by atoms with Crippen molar-refractivity contribution < 1.29 is 14.3 Å². The fraction of sp³-hybridized carbons (Fsp3) is 0.300. The van der Waals surface area contributed by atoms with Crippen molar-refractivity contribution >= 4 is 18.3 Å². The first kappa shape index (κ1) is 12.6. The molecule has 0 radical (unpaired) electrons. The molecule has 0 aromatic heterocycles. The van der Waals surface area contributed by atoms with Gasteiger partial charge in [0.1, 0.15) is 19.3 Å². The van der Waals surface area contributed by atoms with E-state index in [1.807, 2.05) is 0 Å². The number of primary amides is 1. The smallest absolute Gasteiger partial charge is 0.238 e. The first-order valence-electron chi connectivity index (χ1n) is 4.63. The average molecular weight is 245 g/mol. The van der Waals surface area contributed by atoms with Crippen molar-refractivity contribution in [2.75, 3.05) is 13.2 Å². The number of halogens is 1. The van der Waals surface area contributed by atoms with Crippen LogP contribution in [0.4, 0.5) is 0 Å². The van der Waals surface area contributed by atoms with Crippen LogP contribution in [0.5, 0.6) is 11.5 Å². The van der Waals surface area contributed by atoms with Gasteiger partial charge in [0.2, 0.25) is 5.91 Å². The van der Waals surface area contributed by atoms with E-state index in [1.54, 1.807) is 18.2 Å². The Hall–Kier alpha value is -1.46. The van der Waals surface area contributed by atoms with E-state index >= 15 is 0 Å². The molecule has 0 saturated carbocycles. The number of ether oxygens (including phenoxy) is 2. The van der Waals surface area contributed by atoms with Crippen LogP contribution < -0.4 is 20.9 Å². The first-order valence-corrected chi connectivity index (χ1v) is 4.63. The molecule has 1 aromatic carbocycles. The maximum absolute atomic E-state index is 10.9. The lowest BCUT2D eigenvalue weighted by molar-refractivity contribution is -0.119. The maximum Gasteiger partial charge on any atom is 0.238 e. The van der Waals surface area contributed by atoms with Crippen LogP contribution in [0.1, 0.15) is 11.6 Å². The molecule has 4 N–H and O–H groups in total.